The molecule has 0 radical (unpaired) electrons. The van der Waals surface area contributed by atoms with Crippen molar-refractivity contribution in [2.45, 2.75) is 51.1 Å². The maximum Gasteiger partial charge on any atom is 0.417 e. The maximum atomic E-state index is 16.6. The van der Waals surface area contributed by atoms with E-state index in [1.807, 2.05) is 0 Å². The summed E-state index contributed by atoms with van der Waals surface area (Å²) in [6.07, 6.45) is -5.00. The lowest BCUT2D eigenvalue weighted by Gasteiger charge is -2.51. The highest BCUT2D eigenvalue weighted by Gasteiger charge is 2.47. The number of alkyl halides is 5. The molecule has 10 nitrogen and oxygen atoms in total. The van der Waals surface area contributed by atoms with Gasteiger partial charge in [-0.2, -0.15) is 26.9 Å². The van der Waals surface area contributed by atoms with Gasteiger partial charge < -0.3 is 35.8 Å². The van der Waals surface area contributed by atoms with E-state index in [-0.39, 0.29) is 42.5 Å². The van der Waals surface area contributed by atoms with Crippen LogP contribution in [0.3, 0.4) is 0 Å². The number of nitrogens with two attached hydrogens (primary N) is 1. The first-order valence-corrected chi connectivity index (χ1v) is 13.7. The molecule has 2 aromatic heterocycles. The molecule has 240 valence electrons. The Bertz CT molecular complexity index is 1560. The van der Waals surface area contributed by atoms with E-state index in [0.29, 0.717) is 25.6 Å². The van der Waals surface area contributed by atoms with Gasteiger partial charge in [-0.05, 0) is 44.9 Å². The van der Waals surface area contributed by atoms with Gasteiger partial charge in [-0.25, -0.2) is 18.7 Å². The molecule has 2 atom stereocenters. The van der Waals surface area contributed by atoms with Gasteiger partial charge in [-0.1, -0.05) is 0 Å². The van der Waals surface area contributed by atoms with Crippen molar-refractivity contribution in [1.82, 2.24) is 20.3 Å². The average Bonchev–Trinajstić information content (AvgIpc) is 2.96. The SMILES string of the molecule is Cc1c(F)c(N)cc(-c2nc3c4c(nc(N5CCC5(CO)COC(F)F)nc4c2F)NCCNCCC(C)O3)c1C(F)(F)F. The maximum absolute atomic E-state index is 16.6. The van der Waals surface area contributed by atoms with E-state index < -0.39 is 82.9 Å². The number of hydrogen-bond donors (Lipinski definition) is 4. The molecular formula is C27H30F7N7O3. The summed E-state index contributed by atoms with van der Waals surface area (Å²) in [5.41, 5.74) is -0.831. The Morgan fingerprint density at radius 2 is 1.93 bits per heavy atom. The number of rotatable bonds is 6. The highest BCUT2D eigenvalue weighted by atomic mass is 19.4. The Hall–Kier alpha value is -3.70. The van der Waals surface area contributed by atoms with Crippen LogP contribution in [-0.2, 0) is 10.9 Å². The van der Waals surface area contributed by atoms with Crippen LogP contribution in [0, 0.1) is 18.6 Å². The van der Waals surface area contributed by atoms with E-state index in [0.717, 1.165) is 6.92 Å². The van der Waals surface area contributed by atoms with Crippen LogP contribution in [0.25, 0.3) is 22.2 Å². The van der Waals surface area contributed by atoms with E-state index in [4.69, 9.17) is 10.5 Å². The third-order valence-corrected chi connectivity index (χ3v) is 7.83. The Kier molecular flexibility index (Phi) is 8.65. The minimum atomic E-state index is -5.12. The van der Waals surface area contributed by atoms with Crippen molar-refractivity contribution in [2.75, 3.05) is 55.3 Å². The molecule has 1 aromatic carbocycles. The summed E-state index contributed by atoms with van der Waals surface area (Å²) in [6, 6.07) is 0.656. The van der Waals surface area contributed by atoms with Crippen molar-refractivity contribution >= 4 is 28.4 Å². The van der Waals surface area contributed by atoms with Crippen LogP contribution in [-0.4, -0.2) is 77.7 Å². The van der Waals surface area contributed by atoms with Crippen molar-refractivity contribution in [1.29, 1.82) is 0 Å². The molecule has 2 unspecified atom stereocenters. The van der Waals surface area contributed by atoms with Gasteiger partial charge in [0.2, 0.25) is 11.8 Å². The number of aliphatic hydroxyl groups is 1. The number of ether oxygens (including phenoxy) is 2. The molecule has 0 saturated carbocycles. The molecule has 0 spiro atoms. The van der Waals surface area contributed by atoms with Crippen molar-refractivity contribution in [3.8, 4) is 17.1 Å². The van der Waals surface area contributed by atoms with Gasteiger partial charge in [-0.15, -0.1) is 0 Å². The van der Waals surface area contributed by atoms with Crippen LogP contribution in [0.4, 0.5) is 48.2 Å². The lowest BCUT2D eigenvalue weighted by atomic mass is 9.86. The van der Waals surface area contributed by atoms with Crippen LogP contribution >= 0.6 is 0 Å². The number of nitrogens with zero attached hydrogens (tertiary/aromatic N) is 4. The van der Waals surface area contributed by atoms with Crippen LogP contribution in [0.2, 0.25) is 0 Å². The number of anilines is 3. The first kappa shape index (κ1) is 31.7. The predicted octanol–water partition coefficient (Wildman–Crippen LogP) is 4.23. The second-order valence-electron chi connectivity index (χ2n) is 10.8. The topological polar surface area (TPSA) is 131 Å². The van der Waals surface area contributed by atoms with Gasteiger partial charge in [-0.3, -0.25) is 0 Å². The van der Waals surface area contributed by atoms with E-state index >= 15 is 4.39 Å². The fourth-order valence-corrected chi connectivity index (χ4v) is 5.39. The van der Waals surface area contributed by atoms with E-state index in [1.54, 1.807) is 6.92 Å². The van der Waals surface area contributed by atoms with Crippen molar-refractivity contribution in [3.63, 3.8) is 0 Å². The van der Waals surface area contributed by atoms with Gasteiger partial charge in [0.15, 0.2) is 5.82 Å². The number of aromatic nitrogens is 3. The van der Waals surface area contributed by atoms with E-state index in [9.17, 15) is 31.4 Å². The first-order chi connectivity index (χ1) is 20.8. The quantitative estimate of drug-likeness (QED) is 0.231. The van der Waals surface area contributed by atoms with Crippen molar-refractivity contribution in [3.05, 3.63) is 28.8 Å². The fraction of sp³-hybridized carbons (Fsp3) is 0.519. The number of hydrogen-bond acceptors (Lipinski definition) is 10. The number of pyridine rings is 1. The molecule has 2 aliphatic rings. The molecule has 0 amide bonds. The summed E-state index contributed by atoms with van der Waals surface area (Å²) in [5.74, 6) is -3.10. The molecule has 1 fully saturated rings. The predicted molar refractivity (Wildman–Crippen MR) is 147 cm³/mol. The molecule has 2 aliphatic heterocycles. The van der Waals surface area contributed by atoms with Crippen LogP contribution < -0.4 is 26.0 Å². The lowest BCUT2D eigenvalue weighted by molar-refractivity contribution is -0.150. The Morgan fingerprint density at radius 1 is 1.18 bits per heavy atom. The molecule has 0 bridgehead atoms. The number of aliphatic hydroxyl groups excluding tert-OH is 1. The second kappa shape index (κ2) is 12.0. The molecule has 3 aromatic rings. The third-order valence-electron chi connectivity index (χ3n) is 7.83. The highest BCUT2D eigenvalue weighted by molar-refractivity contribution is 5.97. The second-order valence-corrected chi connectivity index (χ2v) is 10.8. The zero-order valence-electron chi connectivity index (χ0n) is 23.7. The fourth-order valence-electron chi connectivity index (χ4n) is 5.39. The van der Waals surface area contributed by atoms with Crippen LogP contribution in [0.1, 0.15) is 30.9 Å². The summed E-state index contributed by atoms with van der Waals surface area (Å²) in [6.45, 7) is -0.386. The van der Waals surface area contributed by atoms with Gasteiger partial charge in [0.05, 0.1) is 36.1 Å². The van der Waals surface area contributed by atoms with E-state index in [1.165, 1.54) is 4.90 Å². The zero-order chi connectivity index (χ0) is 32.0. The molecule has 5 rings (SSSR count). The Labute approximate surface area is 246 Å². The molecule has 4 heterocycles. The van der Waals surface area contributed by atoms with Gasteiger partial charge >= 0.3 is 12.8 Å². The minimum absolute atomic E-state index is 0.00760. The lowest BCUT2D eigenvalue weighted by Crippen LogP contribution is -2.66. The standard InChI is InChI=1S/C27H30F7N7O3/c1-12-3-5-36-6-7-37-22-16-21(39-25(40-22)41-8-4-26(41,10-42)11-43-24(30)31)19(29)20(38-23(16)44-12)14-9-15(35)18(28)13(2)17(14)27(32,33)34/h9,12,24,36,42H,3-8,10-11,35H2,1-2H3,(H,37,39,40). The molecule has 44 heavy (non-hydrogen) atoms. The summed E-state index contributed by atoms with van der Waals surface area (Å²) in [7, 11) is 0. The van der Waals surface area contributed by atoms with E-state index in [2.05, 4.69) is 30.3 Å². The van der Waals surface area contributed by atoms with Crippen molar-refractivity contribution in [2.24, 2.45) is 0 Å². The summed E-state index contributed by atoms with van der Waals surface area (Å²) in [4.78, 5) is 14.3. The molecule has 17 heteroatoms. The average molecular weight is 634 g/mol. The van der Waals surface area contributed by atoms with Gasteiger partial charge in [0.1, 0.15) is 28.2 Å². The summed E-state index contributed by atoms with van der Waals surface area (Å²) in [5, 5.41) is 16.3. The first-order valence-electron chi connectivity index (χ1n) is 13.7. The van der Waals surface area contributed by atoms with Gasteiger partial charge in [0, 0.05) is 25.2 Å². The number of benzene rings is 1. The van der Waals surface area contributed by atoms with Gasteiger partial charge in [0.25, 0.3) is 0 Å². The molecule has 0 aliphatic carbocycles. The minimum Gasteiger partial charge on any atom is -0.474 e. The largest absolute Gasteiger partial charge is 0.474 e. The van der Waals surface area contributed by atoms with Crippen LogP contribution in [0.15, 0.2) is 6.07 Å². The third kappa shape index (κ3) is 5.75. The highest BCUT2D eigenvalue weighted by Crippen LogP contribution is 2.45. The monoisotopic (exact) mass is 633 g/mol. The normalized spacial score (nSPS) is 21.1. The van der Waals surface area contributed by atoms with Crippen molar-refractivity contribution < 1.29 is 45.3 Å². The van der Waals surface area contributed by atoms with Crippen LogP contribution in [0.5, 0.6) is 5.88 Å². The summed E-state index contributed by atoms with van der Waals surface area (Å²) < 4.78 is 110. The smallest absolute Gasteiger partial charge is 0.417 e. The number of halogens is 7. The number of nitrogens with one attached hydrogen (secondary N) is 2. The summed E-state index contributed by atoms with van der Waals surface area (Å²) >= 11 is 0. The Balaban J connectivity index is 1.80. The Morgan fingerprint density at radius 3 is 2.57 bits per heavy atom. The number of nitrogen functional groups attached to an aromatic ring is 1. The zero-order valence-corrected chi connectivity index (χ0v) is 23.7. The molecular weight excluding hydrogens is 603 g/mol. The molecule has 5 N–H and O–H groups in total. The molecule has 1 saturated heterocycles.